The lowest BCUT2D eigenvalue weighted by molar-refractivity contribution is -0.131. The molecule has 0 saturated heterocycles. The van der Waals surface area contributed by atoms with Gasteiger partial charge in [-0.1, -0.05) is 43.7 Å². The van der Waals surface area contributed by atoms with E-state index in [1.165, 1.54) is 13.2 Å². The van der Waals surface area contributed by atoms with Gasteiger partial charge in [0.25, 0.3) is 0 Å². The van der Waals surface area contributed by atoms with Crippen LogP contribution in [0.4, 0.5) is 10.5 Å². The van der Waals surface area contributed by atoms with Gasteiger partial charge in [0.15, 0.2) is 11.5 Å². The maximum absolute atomic E-state index is 12.6. The second kappa shape index (κ2) is 10.5. The summed E-state index contributed by atoms with van der Waals surface area (Å²) in [6, 6.07) is 12.2. The molecule has 0 aromatic heterocycles. The number of methoxy groups -OCH3 is 1. The number of benzene rings is 2. The lowest BCUT2D eigenvalue weighted by Crippen LogP contribution is -2.29. The molecular formula is C24H29NO6. The van der Waals surface area contributed by atoms with Crippen LogP contribution in [0.2, 0.25) is 0 Å². The van der Waals surface area contributed by atoms with Gasteiger partial charge >= 0.3 is 12.1 Å². The van der Waals surface area contributed by atoms with Crippen LogP contribution < -0.4 is 10.1 Å². The number of anilines is 1. The number of hydrogen-bond acceptors (Lipinski definition) is 5. The van der Waals surface area contributed by atoms with Crippen LogP contribution in [0.5, 0.6) is 11.5 Å². The van der Waals surface area contributed by atoms with Gasteiger partial charge in [-0.25, -0.2) is 9.59 Å². The summed E-state index contributed by atoms with van der Waals surface area (Å²) >= 11 is 0. The summed E-state index contributed by atoms with van der Waals surface area (Å²) in [7, 11) is 1.45. The highest BCUT2D eigenvalue weighted by Crippen LogP contribution is 2.42. The SMILES string of the molecule is COc1ccc([C@H](OC(=O)Nc2ccc(C)cc2)C(C)(C)CC/C=C/C(=O)O)cc1O. The molecule has 3 N–H and O–H groups in total. The highest BCUT2D eigenvalue weighted by atomic mass is 16.6. The highest BCUT2D eigenvalue weighted by molar-refractivity contribution is 5.84. The molecule has 166 valence electrons. The summed E-state index contributed by atoms with van der Waals surface area (Å²) in [6.45, 7) is 5.80. The van der Waals surface area contributed by atoms with E-state index in [0.717, 1.165) is 11.6 Å². The molecular weight excluding hydrogens is 398 g/mol. The number of aryl methyl sites for hydroxylation is 1. The Morgan fingerprint density at radius 2 is 1.84 bits per heavy atom. The summed E-state index contributed by atoms with van der Waals surface area (Å²) < 4.78 is 10.9. The van der Waals surface area contributed by atoms with Gasteiger partial charge < -0.3 is 19.7 Å². The van der Waals surface area contributed by atoms with E-state index in [1.807, 2.05) is 32.9 Å². The molecule has 0 spiro atoms. The number of hydrogen-bond donors (Lipinski definition) is 3. The number of aromatic hydroxyl groups is 1. The minimum Gasteiger partial charge on any atom is -0.504 e. The lowest BCUT2D eigenvalue weighted by Gasteiger charge is -2.34. The van der Waals surface area contributed by atoms with Crippen molar-refractivity contribution >= 4 is 17.7 Å². The van der Waals surface area contributed by atoms with E-state index < -0.39 is 23.6 Å². The molecule has 1 amide bonds. The zero-order valence-corrected chi connectivity index (χ0v) is 18.2. The van der Waals surface area contributed by atoms with Crippen molar-refractivity contribution in [3.8, 4) is 11.5 Å². The minimum atomic E-state index is -1.01. The molecule has 2 aromatic rings. The molecule has 31 heavy (non-hydrogen) atoms. The number of nitrogens with one attached hydrogen (secondary N) is 1. The third-order valence-electron chi connectivity index (χ3n) is 4.95. The number of allylic oxidation sites excluding steroid dienone is 1. The van der Waals surface area contributed by atoms with Crippen molar-refractivity contribution in [2.45, 2.75) is 39.7 Å². The molecule has 2 rings (SSSR count). The maximum atomic E-state index is 12.6. The molecule has 0 aliphatic heterocycles. The van der Waals surface area contributed by atoms with Gasteiger partial charge in [-0.3, -0.25) is 5.32 Å². The molecule has 0 aliphatic rings. The predicted octanol–water partition coefficient (Wildman–Crippen LogP) is 5.45. The number of carbonyl (C=O) groups is 2. The molecule has 0 saturated carbocycles. The molecule has 7 nitrogen and oxygen atoms in total. The Labute approximate surface area is 182 Å². The molecule has 0 bridgehead atoms. The second-order valence-corrected chi connectivity index (χ2v) is 7.98. The topological polar surface area (TPSA) is 105 Å². The van der Waals surface area contributed by atoms with Gasteiger partial charge in [0, 0.05) is 17.2 Å². The Morgan fingerprint density at radius 1 is 1.16 bits per heavy atom. The average molecular weight is 427 g/mol. The third-order valence-corrected chi connectivity index (χ3v) is 4.95. The molecule has 0 radical (unpaired) electrons. The minimum absolute atomic E-state index is 0.0610. The standard InChI is InChI=1S/C24H29NO6/c1-16-8-11-18(12-9-16)25-23(29)31-22(17-10-13-20(30-4)19(26)15-17)24(2,3)14-6-5-7-21(27)28/h5,7-13,15,22,26H,6,14H2,1-4H3,(H,25,29)(H,27,28)/b7-5+/t22-/m0/s1. The summed E-state index contributed by atoms with van der Waals surface area (Å²) in [5.41, 5.74) is 1.72. The first kappa shape index (κ1) is 23.8. The zero-order chi connectivity index (χ0) is 23.0. The van der Waals surface area contributed by atoms with E-state index in [4.69, 9.17) is 14.6 Å². The third kappa shape index (κ3) is 7.06. The second-order valence-electron chi connectivity index (χ2n) is 7.98. The van der Waals surface area contributed by atoms with Crippen LogP contribution in [0.3, 0.4) is 0 Å². The van der Waals surface area contributed by atoms with Crippen LogP contribution in [0.25, 0.3) is 0 Å². The largest absolute Gasteiger partial charge is 0.504 e. The van der Waals surface area contributed by atoms with Crippen LogP contribution in [0.1, 0.15) is 43.9 Å². The fraction of sp³-hybridized carbons (Fsp3) is 0.333. The number of phenolic OH excluding ortho intramolecular Hbond substituents is 1. The number of phenols is 1. The van der Waals surface area contributed by atoms with Crippen molar-refractivity contribution in [2.24, 2.45) is 5.41 Å². The van der Waals surface area contributed by atoms with E-state index in [0.29, 0.717) is 29.8 Å². The van der Waals surface area contributed by atoms with Crippen molar-refractivity contribution < 1.29 is 29.3 Å². The Bertz CT molecular complexity index is 934. The van der Waals surface area contributed by atoms with Gasteiger partial charge in [-0.2, -0.15) is 0 Å². The fourth-order valence-corrected chi connectivity index (χ4v) is 3.21. The van der Waals surface area contributed by atoms with Crippen molar-refractivity contribution in [1.29, 1.82) is 0 Å². The van der Waals surface area contributed by atoms with Crippen molar-refractivity contribution in [3.63, 3.8) is 0 Å². The Kier molecular flexibility index (Phi) is 8.07. The molecule has 7 heteroatoms. The summed E-state index contributed by atoms with van der Waals surface area (Å²) in [5.74, 6) is -0.758. The van der Waals surface area contributed by atoms with E-state index in [9.17, 15) is 14.7 Å². The van der Waals surface area contributed by atoms with Crippen LogP contribution in [0, 0.1) is 12.3 Å². The molecule has 2 aromatic carbocycles. The smallest absolute Gasteiger partial charge is 0.412 e. The van der Waals surface area contributed by atoms with E-state index in [2.05, 4.69) is 5.32 Å². The van der Waals surface area contributed by atoms with Crippen LogP contribution in [0.15, 0.2) is 54.6 Å². The normalized spacial score (nSPS) is 12.4. The highest BCUT2D eigenvalue weighted by Gasteiger charge is 2.34. The number of carboxylic acid groups (broad SMARTS) is 1. The first-order chi connectivity index (χ1) is 14.6. The summed E-state index contributed by atoms with van der Waals surface area (Å²) in [4.78, 5) is 23.4. The maximum Gasteiger partial charge on any atom is 0.412 e. The first-order valence-electron chi connectivity index (χ1n) is 9.93. The lowest BCUT2D eigenvalue weighted by atomic mass is 9.78. The van der Waals surface area contributed by atoms with Crippen LogP contribution >= 0.6 is 0 Å². The molecule has 0 heterocycles. The Morgan fingerprint density at radius 3 is 2.42 bits per heavy atom. The zero-order valence-electron chi connectivity index (χ0n) is 18.2. The number of carboxylic acids is 1. The number of rotatable bonds is 9. The monoisotopic (exact) mass is 427 g/mol. The number of carbonyl (C=O) groups excluding carboxylic acids is 1. The Balaban J connectivity index is 2.25. The number of aliphatic carboxylic acids is 1. The van der Waals surface area contributed by atoms with E-state index >= 15 is 0 Å². The average Bonchev–Trinajstić information content (AvgIpc) is 2.71. The molecule has 0 fully saturated rings. The molecule has 0 aliphatic carbocycles. The van der Waals surface area contributed by atoms with Gasteiger partial charge in [0.2, 0.25) is 0 Å². The summed E-state index contributed by atoms with van der Waals surface area (Å²) in [5, 5.41) is 21.7. The van der Waals surface area contributed by atoms with Crippen molar-refractivity contribution in [3.05, 3.63) is 65.7 Å². The molecule has 1 atom stereocenters. The fourth-order valence-electron chi connectivity index (χ4n) is 3.21. The van der Waals surface area contributed by atoms with Crippen molar-refractivity contribution in [1.82, 2.24) is 0 Å². The van der Waals surface area contributed by atoms with E-state index in [-0.39, 0.29) is 5.75 Å². The summed E-state index contributed by atoms with van der Waals surface area (Å²) in [6.07, 6.45) is 2.37. The van der Waals surface area contributed by atoms with Crippen LogP contribution in [-0.4, -0.2) is 29.4 Å². The van der Waals surface area contributed by atoms with Gasteiger partial charge in [0.05, 0.1) is 7.11 Å². The first-order valence-corrected chi connectivity index (χ1v) is 9.93. The Hall–Kier alpha value is -3.48. The molecule has 0 unspecified atom stereocenters. The van der Waals surface area contributed by atoms with Crippen LogP contribution in [-0.2, 0) is 9.53 Å². The van der Waals surface area contributed by atoms with Crippen molar-refractivity contribution in [2.75, 3.05) is 12.4 Å². The quantitative estimate of drug-likeness (QED) is 0.460. The van der Waals surface area contributed by atoms with Gasteiger partial charge in [0.1, 0.15) is 6.10 Å². The number of ether oxygens (including phenoxy) is 2. The van der Waals surface area contributed by atoms with Gasteiger partial charge in [-0.05, 0) is 49.6 Å². The van der Waals surface area contributed by atoms with Gasteiger partial charge in [-0.15, -0.1) is 0 Å². The van der Waals surface area contributed by atoms with E-state index in [1.54, 1.807) is 30.3 Å². The number of amides is 1. The predicted molar refractivity (Wildman–Crippen MR) is 118 cm³/mol.